The predicted molar refractivity (Wildman–Crippen MR) is 63.8 cm³/mol. The topological polar surface area (TPSA) is 94.1 Å². The Bertz CT molecular complexity index is 535. The van der Waals surface area contributed by atoms with Crippen LogP contribution in [0.15, 0.2) is 28.8 Å². The molecule has 7 nitrogen and oxygen atoms in total. The molecule has 0 saturated heterocycles. The van der Waals surface area contributed by atoms with Crippen molar-refractivity contribution in [1.29, 1.82) is 0 Å². The van der Waals surface area contributed by atoms with Gasteiger partial charge in [-0.15, -0.1) is 0 Å². The number of nitro benzene ring substituents is 1. The summed E-state index contributed by atoms with van der Waals surface area (Å²) in [5.41, 5.74) is 0.724. The first kappa shape index (κ1) is 12.2. The Morgan fingerprint density at radius 1 is 1.39 bits per heavy atom. The van der Waals surface area contributed by atoms with E-state index in [0.29, 0.717) is 23.8 Å². The monoisotopic (exact) mass is 248 g/mol. The summed E-state index contributed by atoms with van der Waals surface area (Å²) in [6, 6.07) is 6.02. The van der Waals surface area contributed by atoms with Gasteiger partial charge in [0.2, 0.25) is 11.7 Å². The second-order valence-electron chi connectivity index (χ2n) is 3.60. The largest absolute Gasteiger partial charge is 0.338 e. The van der Waals surface area contributed by atoms with Crippen molar-refractivity contribution in [2.75, 3.05) is 6.54 Å². The minimum atomic E-state index is -0.448. The van der Waals surface area contributed by atoms with Gasteiger partial charge in [0.15, 0.2) is 0 Å². The molecule has 0 aliphatic rings. The molecule has 7 heteroatoms. The molecular weight excluding hydrogens is 236 g/mol. The first-order valence-electron chi connectivity index (χ1n) is 5.49. The van der Waals surface area contributed by atoms with E-state index in [1.165, 1.54) is 12.1 Å². The lowest BCUT2D eigenvalue weighted by atomic mass is 10.2. The van der Waals surface area contributed by atoms with Crippen molar-refractivity contribution in [2.45, 2.75) is 13.5 Å². The fourth-order valence-electron chi connectivity index (χ4n) is 1.41. The maximum Gasteiger partial charge on any atom is 0.269 e. The lowest BCUT2D eigenvalue weighted by Crippen LogP contribution is -2.11. The minimum Gasteiger partial charge on any atom is -0.338 e. The molecule has 0 saturated carbocycles. The molecule has 0 aliphatic carbocycles. The van der Waals surface area contributed by atoms with Gasteiger partial charge in [0.25, 0.3) is 5.69 Å². The van der Waals surface area contributed by atoms with Gasteiger partial charge in [-0.25, -0.2) is 0 Å². The van der Waals surface area contributed by atoms with Gasteiger partial charge in [-0.1, -0.05) is 12.1 Å². The number of nitro groups is 1. The second kappa shape index (κ2) is 5.37. The molecule has 1 heterocycles. The van der Waals surface area contributed by atoms with Gasteiger partial charge in [0.05, 0.1) is 11.5 Å². The molecule has 2 aromatic rings. The van der Waals surface area contributed by atoms with Crippen molar-refractivity contribution < 1.29 is 9.45 Å². The molecule has 0 bridgehead atoms. The van der Waals surface area contributed by atoms with E-state index in [4.69, 9.17) is 4.52 Å². The van der Waals surface area contributed by atoms with E-state index in [0.717, 1.165) is 6.54 Å². The predicted octanol–water partition coefficient (Wildman–Crippen LogP) is 1.75. The van der Waals surface area contributed by atoms with Crippen molar-refractivity contribution in [1.82, 2.24) is 15.5 Å². The van der Waals surface area contributed by atoms with Crippen molar-refractivity contribution in [3.05, 3.63) is 40.3 Å². The number of aromatic nitrogens is 2. The summed E-state index contributed by atoms with van der Waals surface area (Å²) in [6.45, 7) is 3.30. The normalized spacial score (nSPS) is 10.5. The lowest BCUT2D eigenvalue weighted by Gasteiger charge is -1.94. The molecule has 0 aliphatic heterocycles. The highest BCUT2D eigenvalue weighted by atomic mass is 16.6. The third-order valence-electron chi connectivity index (χ3n) is 2.33. The molecule has 0 fully saturated rings. The van der Waals surface area contributed by atoms with Gasteiger partial charge in [-0.05, 0) is 18.7 Å². The SMILES string of the molecule is CCNCc1nc(-c2ccc([N+](=O)[O-])cc2)no1. The van der Waals surface area contributed by atoms with Crippen LogP contribution >= 0.6 is 0 Å². The minimum absolute atomic E-state index is 0.0371. The van der Waals surface area contributed by atoms with Crippen molar-refractivity contribution >= 4 is 5.69 Å². The van der Waals surface area contributed by atoms with Gasteiger partial charge in [0, 0.05) is 17.7 Å². The summed E-state index contributed by atoms with van der Waals surface area (Å²) in [7, 11) is 0. The number of nitrogens with zero attached hydrogens (tertiary/aromatic N) is 3. The molecule has 1 N–H and O–H groups in total. The number of non-ortho nitro benzene ring substituents is 1. The van der Waals surface area contributed by atoms with E-state index in [9.17, 15) is 10.1 Å². The van der Waals surface area contributed by atoms with Crippen molar-refractivity contribution in [3.63, 3.8) is 0 Å². The summed E-state index contributed by atoms with van der Waals surface area (Å²) in [5.74, 6) is 0.919. The lowest BCUT2D eigenvalue weighted by molar-refractivity contribution is -0.384. The zero-order valence-corrected chi connectivity index (χ0v) is 9.79. The number of nitrogens with one attached hydrogen (secondary N) is 1. The maximum absolute atomic E-state index is 10.5. The molecule has 18 heavy (non-hydrogen) atoms. The molecule has 2 rings (SSSR count). The van der Waals surface area contributed by atoms with Crippen LogP contribution in [-0.4, -0.2) is 21.6 Å². The summed E-state index contributed by atoms with van der Waals surface area (Å²) < 4.78 is 5.04. The molecule has 0 amide bonds. The average Bonchev–Trinajstić information content (AvgIpc) is 2.85. The fraction of sp³-hybridized carbons (Fsp3) is 0.273. The highest BCUT2D eigenvalue weighted by Crippen LogP contribution is 2.19. The molecule has 0 atom stereocenters. The molecule has 0 spiro atoms. The zero-order chi connectivity index (χ0) is 13.0. The van der Waals surface area contributed by atoms with Crippen LogP contribution in [-0.2, 0) is 6.54 Å². The smallest absolute Gasteiger partial charge is 0.269 e. The van der Waals surface area contributed by atoms with Crippen LogP contribution in [0.2, 0.25) is 0 Å². The molecule has 1 aromatic carbocycles. The van der Waals surface area contributed by atoms with E-state index in [1.54, 1.807) is 12.1 Å². The van der Waals surface area contributed by atoms with Crippen LogP contribution in [0.5, 0.6) is 0 Å². The van der Waals surface area contributed by atoms with Crippen LogP contribution in [0.1, 0.15) is 12.8 Å². The molecule has 1 aromatic heterocycles. The first-order valence-corrected chi connectivity index (χ1v) is 5.49. The Hall–Kier alpha value is -2.28. The highest BCUT2D eigenvalue weighted by molar-refractivity contribution is 5.56. The summed E-state index contributed by atoms with van der Waals surface area (Å²) in [6.07, 6.45) is 0. The molecular formula is C11H12N4O3. The summed E-state index contributed by atoms with van der Waals surface area (Å²) in [4.78, 5) is 14.3. The molecule has 94 valence electrons. The Kier molecular flexibility index (Phi) is 3.63. The number of hydrogen-bond donors (Lipinski definition) is 1. The average molecular weight is 248 g/mol. The van der Waals surface area contributed by atoms with Gasteiger partial charge in [0.1, 0.15) is 0 Å². The summed E-state index contributed by atoms with van der Waals surface area (Å²) in [5, 5.41) is 17.4. The maximum atomic E-state index is 10.5. The Balaban J connectivity index is 2.15. The number of rotatable bonds is 5. The van der Waals surface area contributed by atoms with Gasteiger partial charge >= 0.3 is 0 Å². The quantitative estimate of drug-likeness (QED) is 0.640. The second-order valence-corrected chi connectivity index (χ2v) is 3.60. The number of hydrogen-bond acceptors (Lipinski definition) is 6. The van der Waals surface area contributed by atoms with E-state index >= 15 is 0 Å². The van der Waals surface area contributed by atoms with Gasteiger partial charge in [-0.2, -0.15) is 4.98 Å². The fourth-order valence-corrected chi connectivity index (χ4v) is 1.41. The molecule has 0 radical (unpaired) electrons. The van der Waals surface area contributed by atoms with E-state index in [1.807, 2.05) is 6.92 Å². The van der Waals surface area contributed by atoms with Crippen LogP contribution in [0.4, 0.5) is 5.69 Å². The van der Waals surface area contributed by atoms with E-state index in [-0.39, 0.29) is 5.69 Å². The third kappa shape index (κ3) is 2.69. The van der Waals surface area contributed by atoms with Crippen LogP contribution in [0, 0.1) is 10.1 Å². The molecule has 0 unspecified atom stereocenters. The van der Waals surface area contributed by atoms with Crippen molar-refractivity contribution in [3.8, 4) is 11.4 Å². The third-order valence-corrected chi connectivity index (χ3v) is 2.33. The standard InChI is InChI=1S/C11H12N4O3/c1-2-12-7-10-13-11(14-18-10)8-3-5-9(6-4-8)15(16)17/h3-6,12H,2,7H2,1H3. The van der Waals surface area contributed by atoms with Gasteiger partial charge < -0.3 is 9.84 Å². The first-order chi connectivity index (χ1) is 8.70. The van der Waals surface area contributed by atoms with Crippen molar-refractivity contribution in [2.24, 2.45) is 0 Å². The number of benzene rings is 1. The highest BCUT2D eigenvalue weighted by Gasteiger charge is 2.10. The van der Waals surface area contributed by atoms with Crippen LogP contribution in [0.3, 0.4) is 0 Å². The van der Waals surface area contributed by atoms with Crippen LogP contribution < -0.4 is 5.32 Å². The van der Waals surface area contributed by atoms with Gasteiger partial charge in [-0.3, -0.25) is 10.1 Å². The van der Waals surface area contributed by atoms with E-state index in [2.05, 4.69) is 15.5 Å². The van der Waals surface area contributed by atoms with Crippen LogP contribution in [0.25, 0.3) is 11.4 Å². The Morgan fingerprint density at radius 3 is 2.72 bits per heavy atom. The van der Waals surface area contributed by atoms with E-state index < -0.39 is 4.92 Å². The Labute approximate surface area is 103 Å². The zero-order valence-electron chi connectivity index (χ0n) is 9.79. The summed E-state index contributed by atoms with van der Waals surface area (Å²) >= 11 is 0. The Morgan fingerprint density at radius 2 is 2.11 bits per heavy atom.